The van der Waals surface area contributed by atoms with Crippen molar-refractivity contribution < 1.29 is 14.6 Å². The summed E-state index contributed by atoms with van der Waals surface area (Å²) in [6.07, 6.45) is 7.72. The fraction of sp³-hybridized carbons (Fsp3) is 0.280. The third kappa shape index (κ3) is 4.79. The molecule has 2 heterocycles. The van der Waals surface area contributed by atoms with Crippen molar-refractivity contribution >= 4 is 17.6 Å². The maximum atomic E-state index is 13.5. The van der Waals surface area contributed by atoms with E-state index in [0.717, 1.165) is 37.1 Å². The normalized spacial score (nSPS) is 16.5. The van der Waals surface area contributed by atoms with Crippen molar-refractivity contribution in [2.45, 2.75) is 12.8 Å². The molecule has 2 aromatic carbocycles. The Labute approximate surface area is 182 Å². The van der Waals surface area contributed by atoms with Gasteiger partial charge < -0.3 is 14.7 Å². The molecule has 1 N–H and O–H groups in total. The first-order valence-corrected chi connectivity index (χ1v) is 10.4. The second-order valence-electron chi connectivity index (χ2n) is 7.99. The Balaban J connectivity index is 1.58. The molecule has 1 aliphatic rings. The van der Waals surface area contributed by atoms with E-state index in [0.29, 0.717) is 17.2 Å². The van der Waals surface area contributed by atoms with Crippen LogP contribution >= 0.6 is 0 Å². The summed E-state index contributed by atoms with van der Waals surface area (Å²) in [5.74, 6) is 0.905. The summed E-state index contributed by atoms with van der Waals surface area (Å²) < 4.78 is 7.04. The highest BCUT2D eigenvalue weighted by molar-refractivity contribution is 6.24. The van der Waals surface area contributed by atoms with Crippen LogP contribution in [0.15, 0.2) is 60.9 Å². The van der Waals surface area contributed by atoms with E-state index in [2.05, 4.69) is 5.10 Å². The van der Waals surface area contributed by atoms with Gasteiger partial charge in [0, 0.05) is 31.9 Å². The minimum Gasteiger partial charge on any atom is -0.504 e. The Kier molecular flexibility index (Phi) is 6.07. The van der Waals surface area contributed by atoms with Crippen LogP contribution in [0.1, 0.15) is 23.1 Å². The zero-order valence-electron chi connectivity index (χ0n) is 17.9. The van der Waals surface area contributed by atoms with E-state index in [-0.39, 0.29) is 11.7 Å². The molecule has 6 nitrogen and oxygen atoms in total. The number of amides is 1. The van der Waals surface area contributed by atoms with Gasteiger partial charge in [0.05, 0.1) is 13.3 Å². The molecule has 31 heavy (non-hydrogen) atoms. The Hall–Kier alpha value is -3.54. The summed E-state index contributed by atoms with van der Waals surface area (Å²) in [7, 11) is 3.43. The van der Waals surface area contributed by atoms with Gasteiger partial charge in [-0.2, -0.15) is 5.10 Å². The van der Waals surface area contributed by atoms with Crippen LogP contribution in [0, 0.1) is 5.92 Å². The molecular weight excluding hydrogens is 390 g/mol. The van der Waals surface area contributed by atoms with Gasteiger partial charge in [-0.25, -0.2) is 0 Å². The first-order chi connectivity index (χ1) is 15.0. The minimum absolute atomic E-state index is 0.0203. The molecule has 1 fully saturated rings. The van der Waals surface area contributed by atoms with Gasteiger partial charge in [-0.05, 0) is 53.7 Å². The summed E-state index contributed by atoms with van der Waals surface area (Å²) >= 11 is 0. The maximum Gasteiger partial charge on any atom is 0.254 e. The number of carbonyl (C=O) groups excluding carboxylic acids is 1. The predicted octanol–water partition coefficient (Wildman–Crippen LogP) is 3.77. The van der Waals surface area contributed by atoms with Crippen LogP contribution < -0.4 is 4.74 Å². The van der Waals surface area contributed by atoms with Crippen molar-refractivity contribution in [3.63, 3.8) is 0 Å². The standard InChI is InChI=1S/C25H27N3O3/c1-27-16-20(15-26-27)12-19-10-11-28(17-19)25(30)22(21-6-4-3-5-7-21)13-18-8-9-23(29)24(14-18)31-2/h3-9,13-16,19,29H,10-12,17H2,1-2H3/b22-13+. The lowest BCUT2D eigenvalue weighted by Gasteiger charge is -2.19. The van der Waals surface area contributed by atoms with Gasteiger partial charge >= 0.3 is 0 Å². The number of nitrogens with zero attached hydrogens (tertiary/aromatic N) is 3. The smallest absolute Gasteiger partial charge is 0.254 e. The zero-order valence-corrected chi connectivity index (χ0v) is 17.9. The van der Waals surface area contributed by atoms with E-state index >= 15 is 0 Å². The summed E-state index contributed by atoms with van der Waals surface area (Å²) in [4.78, 5) is 15.5. The predicted molar refractivity (Wildman–Crippen MR) is 121 cm³/mol. The van der Waals surface area contributed by atoms with Gasteiger partial charge in [0.25, 0.3) is 5.91 Å². The van der Waals surface area contributed by atoms with Crippen molar-refractivity contribution in [2.75, 3.05) is 20.2 Å². The van der Waals surface area contributed by atoms with Gasteiger partial charge in [-0.15, -0.1) is 0 Å². The number of rotatable bonds is 6. The van der Waals surface area contributed by atoms with Crippen molar-refractivity contribution in [3.05, 3.63) is 77.6 Å². The lowest BCUT2D eigenvalue weighted by atomic mass is 10.0. The monoisotopic (exact) mass is 417 g/mol. The Morgan fingerprint density at radius 3 is 2.77 bits per heavy atom. The van der Waals surface area contributed by atoms with E-state index in [9.17, 15) is 9.90 Å². The summed E-state index contributed by atoms with van der Waals surface area (Å²) in [5.41, 5.74) is 3.51. The number of phenolic OH excluding ortho intramolecular Hbond substituents is 1. The third-order valence-electron chi connectivity index (χ3n) is 5.69. The Morgan fingerprint density at radius 2 is 2.06 bits per heavy atom. The number of aromatic nitrogens is 2. The second kappa shape index (κ2) is 9.08. The minimum atomic E-state index is 0.0203. The highest BCUT2D eigenvalue weighted by Gasteiger charge is 2.29. The molecule has 0 aliphatic carbocycles. The van der Waals surface area contributed by atoms with E-state index < -0.39 is 0 Å². The maximum absolute atomic E-state index is 13.5. The van der Waals surface area contributed by atoms with Gasteiger partial charge in [0.15, 0.2) is 11.5 Å². The molecule has 4 rings (SSSR count). The van der Waals surface area contributed by atoms with Gasteiger partial charge in [-0.3, -0.25) is 9.48 Å². The van der Waals surface area contributed by atoms with Crippen molar-refractivity contribution in [1.29, 1.82) is 0 Å². The van der Waals surface area contributed by atoms with Crippen LogP contribution in [-0.2, 0) is 18.3 Å². The van der Waals surface area contributed by atoms with E-state index in [1.165, 1.54) is 12.7 Å². The molecule has 1 atom stereocenters. The van der Waals surface area contributed by atoms with Gasteiger partial charge in [0.1, 0.15) is 0 Å². The van der Waals surface area contributed by atoms with Gasteiger partial charge in [0.2, 0.25) is 0 Å². The lowest BCUT2D eigenvalue weighted by Crippen LogP contribution is -2.29. The molecule has 160 valence electrons. The molecule has 1 unspecified atom stereocenters. The number of aromatic hydroxyl groups is 1. The number of likely N-dealkylation sites (tertiary alicyclic amines) is 1. The van der Waals surface area contributed by atoms with Crippen LogP contribution in [0.25, 0.3) is 11.6 Å². The van der Waals surface area contributed by atoms with Crippen LogP contribution in [0.5, 0.6) is 11.5 Å². The SMILES string of the molecule is COc1cc(/C=C(/C(=O)N2CCC(Cc3cnn(C)c3)C2)c2ccccc2)ccc1O. The topological polar surface area (TPSA) is 67.6 Å². The molecule has 1 aliphatic heterocycles. The number of carbonyl (C=O) groups is 1. The third-order valence-corrected chi connectivity index (χ3v) is 5.69. The second-order valence-corrected chi connectivity index (χ2v) is 7.99. The van der Waals surface area contributed by atoms with Gasteiger partial charge in [-0.1, -0.05) is 36.4 Å². The first-order valence-electron chi connectivity index (χ1n) is 10.4. The number of hydrogen-bond donors (Lipinski definition) is 1. The summed E-state index contributed by atoms with van der Waals surface area (Å²) in [6, 6.07) is 14.8. The Morgan fingerprint density at radius 1 is 1.26 bits per heavy atom. The molecule has 6 heteroatoms. The van der Waals surface area contributed by atoms with Crippen LogP contribution in [-0.4, -0.2) is 45.9 Å². The molecule has 0 spiro atoms. The van der Waals surface area contributed by atoms with E-state index in [1.54, 1.807) is 18.2 Å². The number of methoxy groups -OCH3 is 1. The largest absolute Gasteiger partial charge is 0.504 e. The first kappa shape index (κ1) is 20.7. The molecule has 1 saturated heterocycles. The number of hydrogen-bond acceptors (Lipinski definition) is 4. The zero-order chi connectivity index (χ0) is 21.8. The quantitative estimate of drug-likeness (QED) is 0.490. The molecule has 1 amide bonds. The van der Waals surface area contributed by atoms with E-state index in [1.807, 2.05) is 65.4 Å². The Bertz CT molecular complexity index is 1090. The molecule has 3 aromatic rings. The number of ether oxygens (including phenoxy) is 1. The average Bonchev–Trinajstić information content (AvgIpc) is 3.42. The molecular formula is C25H27N3O3. The molecule has 1 aromatic heterocycles. The summed E-state index contributed by atoms with van der Waals surface area (Å²) in [6.45, 7) is 1.48. The van der Waals surface area contributed by atoms with E-state index in [4.69, 9.17) is 4.74 Å². The summed E-state index contributed by atoms with van der Waals surface area (Å²) in [5, 5.41) is 14.1. The van der Waals surface area contributed by atoms with Crippen molar-refractivity contribution in [2.24, 2.45) is 13.0 Å². The number of aryl methyl sites for hydroxylation is 1. The molecule has 0 bridgehead atoms. The fourth-order valence-electron chi connectivity index (χ4n) is 4.10. The highest BCUT2D eigenvalue weighted by Crippen LogP contribution is 2.30. The average molecular weight is 418 g/mol. The number of phenols is 1. The molecule has 0 saturated carbocycles. The van der Waals surface area contributed by atoms with Crippen LogP contribution in [0.4, 0.5) is 0 Å². The fourth-order valence-corrected chi connectivity index (χ4v) is 4.10. The van der Waals surface area contributed by atoms with Crippen LogP contribution in [0.3, 0.4) is 0 Å². The molecule has 0 radical (unpaired) electrons. The number of benzene rings is 2. The van der Waals surface area contributed by atoms with Crippen molar-refractivity contribution in [3.8, 4) is 11.5 Å². The highest BCUT2D eigenvalue weighted by atomic mass is 16.5. The van der Waals surface area contributed by atoms with Crippen LogP contribution in [0.2, 0.25) is 0 Å². The van der Waals surface area contributed by atoms with Crippen molar-refractivity contribution in [1.82, 2.24) is 14.7 Å². The lowest BCUT2D eigenvalue weighted by molar-refractivity contribution is -0.124.